The van der Waals surface area contributed by atoms with E-state index in [0.717, 1.165) is 25.2 Å². The highest BCUT2D eigenvalue weighted by atomic mass is 35.5. The van der Waals surface area contributed by atoms with Crippen molar-refractivity contribution in [2.75, 3.05) is 24.2 Å². The second-order valence-electron chi connectivity index (χ2n) is 4.83. The van der Waals surface area contributed by atoms with Gasteiger partial charge < -0.3 is 10.6 Å². The Labute approximate surface area is 134 Å². The Bertz CT molecular complexity index is 624. The molecule has 5 nitrogen and oxygen atoms in total. The minimum atomic E-state index is 0.510. The largest absolute Gasteiger partial charge is 0.372 e. The highest BCUT2D eigenvalue weighted by molar-refractivity contribution is 6.37. The summed E-state index contributed by atoms with van der Waals surface area (Å²) in [6, 6.07) is 3.76. The third-order valence-electron chi connectivity index (χ3n) is 3.11. The molecule has 2 N–H and O–H groups in total. The summed E-state index contributed by atoms with van der Waals surface area (Å²) in [7, 11) is 1.77. The van der Waals surface area contributed by atoms with Gasteiger partial charge in [-0.1, -0.05) is 23.2 Å². The van der Waals surface area contributed by atoms with Crippen LogP contribution in [0.3, 0.4) is 0 Å². The van der Waals surface area contributed by atoms with E-state index in [2.05, 4.69) is 33.7 Å². The lowest BCUT2D eigenvalue weighted by Crippen LogP contribution is -2.10. The molecule has 2 aromatic heterocycles. The average Bonchev–Trinajstić information content (AvgIpc) is 2.75. The van der Waals surface area contributed by atoms with Crippen molar-refractivity contribution < 1.29 is 0 Å². The zero-order valence-electron chi connectivity index (χ0n) is 12.4. The number of aryl methyl sites for hydroxylation is 3. The van der Waals surface area contributed by atoms with Gasteiger partial charge in [-0.2, -0.15) is 5.10 Å². The van der Waals surface area contributed by atoms with E-state index in [1.165, 1.54) is 5.69 Å². The predicted octanol–water partition coefficient (Wildman–Crippen LogP) is 3.75. The standard InChI is InChI=1S/C14H19Cl2N5/c1-9-7-10(2)21(20-9)6-4-5-18-14-12(16)8-11(15)13(17-3)19-14/h7-8H,4-6H2,1-3H3,(H2,17,18,19). The number of pyridine rings is 1. The van der Waals surface area contributed by atoms with E-state index in [4.69, 9.17) is 23.2 Å². The van der Waals surface area contributed by atoms with Crippen molar-refractivity contribution in [1.29, 1.82) is 0 Å². The van der Waals surface area contributed by atoms with Crippen LogP contribution in [0.25, 0.3) is 0 Å². The van der Waals surface area contributed by atoms with Gasteiger partial charge >= 0.3 is 0 Å². The van der Waals surface area contributed by atoms with Gasteiger partial charge in [0.25, 0.3) is 0 Å². The average molecular weight is 328 g/mol. The molecule has 2 aromatic rings. The van der Waals surface area contributed by atoms with Crippen molar-refractivity contribution in [2.45, 2.75) is 26.8 Å². The molecule has 0 spiro atoms. The first-order valence-electron chi connectivity index (χ1n) is 6.80. The number of nitrogens with one attached hydrogen (secondary N) is 2. The summed E-state index contributed by atoms with van der Waals surface area (Å²) in [5.41, 5.74) is 2.22. The van der Waals surface area contributed by atoms with Gasteiger partial charge in [0.15, 0.2) is 0 Å². The molecule has 0 unspecified atom stereocenters. The normalized spacial score (nSPS) is 10.7. The summed E-state index contributed by atoms with van der Waals surface area (Å²) in [4.78, 5) is 4.35. The predicted molar refractivity (Wildman–Crippen MR) is 88.6 cm³/mol. The van der Waals surface area contributed by atoms with Crippen molar-refractivity contribution >= 4 is 34.8 Å². The minimum absolute atomic E-state index is 0.510. The van der Waals surface area contributed by atoms with E-state index < -0.39 is 0 Å². The molecule has 21 heavy (non-hydrogen) atoms. The highest BCUT2D eigenvalue weighted by Gasteiger charge is 2.08. The van der Waals surface area contributed by atoms with E-state index in [9.17, 15) is 0 Å². The fourth-order valence-corrected chi connectivity index (χ4v) is 2.62. The number of hydrogen-bond donors (Lipinski definition) is 2. The van der Waals surface area contributed by atoms with Gasteiger partial charge in [-0.15, -0.1) is 0 Å². The summed E-state index contributed by atoms with van der Waals surface area (Å²) >= 11 is 12.1. The van der Waals surface area contributed by atoms with Crippen molar-refractivity contribution in [1.82, 2.24) is 14.8 Å². The molecule has 2 heterocycles. The number of rotatable bonds is 6. The number of aromatic nitrogens is 3. The number of nitrogens with zero attached hydrogens (tertiary/aromatic N) is 3. The molecule has 0 aliphatic rings. The van der Waals surface area contributed by atoms with Crippen LogP contribution >= 0.6 is 23.2 Å². The van der Waals surface area contributed by atoms with Gasteiger partial charge in [-0.25, -0.2) is 4.98 Å². The fraction of sp³-hybridized carbons (Fsp3) is 0.429. The quantitative estimate of drug-likeness (QED) is 0.793. The second kappa shape index (κ2) is 7.00. The fourth-order valence-electron chi connectivity index (χ4n) is 2.10. The van der Waals surface area contributed by atoms with Gasteiger partial charge in [0.05, 0.1) is 15.7 Å². The molecule has 7 heteroatoms. The lowest BCUT2D eigenvalue weighted by molar-refractivity contribution is 0.573. The molecule has 0 radical (unpaired) electrons. The third kappa shape index (κ3) is 4.02. The lowest BCUT2D eigenvalue weighted by Gasteiger charge is -2.11. The van der Waals surface area contributed by atoms with E-state index in [1.807, 2.05) is 11.6 Å². The van der Waals surface area contributed by atoms with Gasteiger partial charge in [-0.05, 0) is 32.4 Å². The Morgan fingerprint density at radius 2 is 1.86 bits per heavy atom. The highest BCUT2D eigenvalue weighted by Crippen LogP contribution is 2.28. The Morgan fingerprint density at radius 3 is 2.48 bits per heavy atom. The SMILES string of the molecule is CNc1nc(NCCCn2nc(C)cc2C)c(Cl)cc1Cl. The zero-order chi connectivity index (χ0) is 15.4. The summed E-state index contributed by atoms with van der Waals surface area (Å²) in [6.07, 6.45) is 0.928. The summed E-state index contributed by atoms with van der Waals surface area (Å²) in [6.45, 7) is 5.68. The molecule has 114 valence electrons. The maximum Gasteiger partial charge on any atom is 0.147 e. The van der Waals surface area contributed by atoms with E-state index in [-0.39, 0.29) is 0 Å². The molecular weight excluding hydrogens is 309 g/mol. The Balaban J connectivity index is 1.90. The molecule has 0 aliphatic heterocycles. The molecule has 0 bridgehead atoms. The van der Waals surface area contributed by atoms with Crippen molar-refractivity contribution in [2.24, 2.45) is 0 Å². The molecule has 0 aromatic carbocycles. The van der Waals surface area contributed by atoms with Crippen LogP contribution in [0.5, 0.6) is 0 Å². The van der Waals surface area contributed by atoms with Crippen LogP contribution in [0, 0.1) is 13.8 Å². The van der Waals surface area contributed by atoms with Crippen LogP contribution in [-0.4, -0.2) is 28.4 Å². The Kier molecular flexibility index (Phi) is 5.31. The van der Waals surface area contributed by atoms with E-state index >= 15 is 0 Å². The molecule has 2 rings (SSSR count). The summed E-state index contributed by atoms with van der Waals surface area (Å²) < 4.78 is 2.01. The van der Waals surface area contributed by atoms with Gasteiger partial charge in [0.1, 0.15) is 11.6 Å². The van der Waals surface area contributed by atoms with Crippen LogP contribution in [-0.2, 0) is 6.54 Å². The third-order valence-corrected chi connectivity index (χ3v) is 3.69. The van der Waals surface area contributed by atoms with Crippen molar-refractivity contribution in [3.05, 3.63) is 33.6 Å². The lowest BCUT2D eigenvalue weighted by atomic mass is 10.3. The topological polar surface area (TPSA) is 54.8 Å². The first kappa shape index (κ1) is 15.9. The molecule has 0 saturated heterocycles. The Hall–Kier alpha value is -1.46. The number of anilines is 2. The van der Waals surface area contributed by atoms with Crippen molar-refractivity contribution in [3.8, 4) is 0 Å². The second-order valence-corrected chi connectivity index (χ2v) is 5.64. The van der Waals surface area contributed by atoms with Crippen LogP contribution in [0.2, 0.25) is 10.0 Å². The van der Waals surface area contributed by atoms with Gasteiger partial charge in [0.2, 0.25) is 0 Å². The van der Waals surface area contributed by atoms with Crippen LogP contribution in [0.4, 0.5) is 11.6 Å². The monoisotopic (exact) mass is 327 g/mol. The molecule has 0 atom stereocenters. The first-order valence-corrected chi connectivity index (χ1v) is 7.55. The Morgan fingerprint density at radius 1 is 1.14 bits per heavy atom. The number of hydrogen-bond acceptors (Lipinski definition) is 4. The minimum Gasteiger partial charge on any atom is -0.372 e. The van der Waals surface area contributed by atoms with Gasteiger partial charge in [0, 0.05) is 25.8 Å². The van der Waals surface area contributed by atoms with E-state index in [1.54, 1.807) is 13.1 Å². The van der Waals surface area contributed by atoms with Gasteiger partial charge in [-0.3, -0.25) is 4.68 Å². The molecule has 0 fully saturated rings. The van der Waals surface area contributed by atoms with Crippen molar-refractivity contribution in [3.63, 3.8) is 0 Å². The first-order chi connectivity index (χ1) is 10.0. The van der Waals surface area contributed by atoms with E-state index in [0.29, 0.717) is 21.7 Å². The van der Waals surface area contributed by atoms with Crippen LogP contribution < -0.4 is 10.6 Å². The molecule has 0 saturated carbocycles. The number of halogens is 2. The summed E-state index contributed by atoms with van der Waals surface area (Å²) in [5, 5.41) is 11.6. The smallest absolute Gasteiger partial charge is 0.147 e. The van der Waals surface area contributed by atoms with Crippen LogP contribution in [0.1, 0.15) is 17.8 Å². The van der Waals surface area contributed by atoms with Crippen LogP contribution in [0.15, 0.2) is 12.1 Å². The maximum absolute atomic E-state index is 6.13. The molecular formula is C14H19Cl2N5. The summed E-state index contributed by atoms with van der Waals surface area (Å²) in [5.74, 6) is 1.25. The maximum atomic E-state index is 6.13. The molecule has 0 amide bonds. The zero-order valence-corrected chi connectivity index (χ0v) is 13.9. The molecule has 0 aliphatic carbocycles.